The second kappa shape index (κ2) is 10.3. The molecule has 2 aliphatic carbocycles. The van der Waals surface area contributed by atoms with Crippen molar-refractivity contribution in [2.24, 2.45) is 11.8 Å². The lowest BCUT2D eigenvalue weighted by molar-refractivity contribution is 0.199. The summed E-state index contributed by atoms with van der Waals surface area (Å²) in [5.74, 6) is 1.14. The van der Waals surface area contributed by atoms with Crippen LogP contribution in [0.15, 0.2) is 60.7 Å². The van der Waals surface area contributed by atoms with Gasteiger partial charge in [-0.2, -0.15) is 0 Å². The van der Waals surface area contributed by atoms with E-state index >= 15 is 0 Å². The number of aryl methyl sites for hydroxylation is 1. The maximum atomic E-state index is 8.85. The molecule has 1 aromatic rings. The van der Waals surface area contributed by atoms with Crippen molar-refractivity contribution in [1.82, 2.24) is 5.32 Å². The molecule has 1 saturated heterocycles. The molecule has 4 rings (SSSR count). The molecule has 1 fully saturated rings. The minimum absolute atomic E-state index is 0.330. The number of unbranched alkanes of at least 4 members (excludes halogenated alkanes) is 4. The summed E-state index contributed by atoms with van der Waals surface area (Å²) in [6, 6.07) is 10.5. The van der Waals surface area contributed by atoms with E-state index in [0.29, 0.717) is 36.6 Å². The van der Waals surface area contributed by atoms with Crippen LogP contribution in [-0.2, 0) is 6.42 Å². The van der Waals surface area contributed by atoms with Gasteiger partial charge in [0.1, 0.15) is 0 Å². The second-order valence-electron chi connectivity index (χ2n) is 8.84. The van der Waals surface area contributed by atoms with Crippen LogP contribution in [0.4, 0.5) is 5.69 Å². The zero-order chi connectivity index (χ0) is 19.9. The number of rotatable bonds is 9. The first kappa shape index (κ1) is 20.4. The molecule has 0 spiro atoms. The average molecular weight is 393 g/mol. The molecule has 0 bridgehead atoms. The van der Waals surface area contributed by atoms with Crippen molar-refractivity contribution in [3.05, 3.63) is 66.3 Å². The fourth-order valence-electron chi connectivity index (χ4n) is 5.21. The van der Waals surface area contributed by atoms with Gasteiger partial charge in [0.2, 0.25) is 0 Å². The lowest BCUT2D eigenvalue weighted by atomic mass is 9.70. The van der Waals surface area contributed by atoms with Gasteiger partial charge >= 0.3 is 0 Å². The number of aliphatic hydroxyl groups is 1. The first-order valence-corrected chi connectivity index (χ1v) is 11.6. The average Bonchev–Trinajstić information content (AvgIpc) is 2.77. The van der Waals surface area contributed by atoms with Crippen LogP contribution in [0.25, 0.3) is 0 Å². The molecule has 156 valence electrons. The Morgan fingerprint density at radius 1 is 0.897 bits per heavy atom. The van der Waals surface area contributed by atoms with E-state index in [2.05, 4.69) is 71.4 Å². The third-order valence-corrected chi connectivity index (χ3v) is 6.82. The molecule has 0 saturated carbocycles. The minimum atomic E-state index is 0.330. The number of benzene rings is 1. The van der Waals surface area contributed by atoms with Gasteiger partial charge in [-0.1, -0.05) is 67.9 Å². The predicted molar refractivity (Wildman–Crippen MR) is 122 cm³/mol. The highest BCUT2D eigenvalue weighted by Crippen LogP contribution is 2.36. The van der Waals surface area contributed by atoms with Gasteiger partial charge in [-0.15, -0.1) is 0 Å². The van der Waals surface area contributed by atoms with Crippen LogP contribution < -0.4 is 10.6 Å². The molecular weight excluding hydrogens is 356 g/mol. The van der Waals surface area contributed by atoms with Crippen molar-refractivity contribution >= 4 is 5.69 Å². The Morgan fingerprint density at radius 2 is 1.69 bits per heavy atom. The third kappa shape index (κ3) is 5.21. The van der Waals surface area contributed by atoms with Crippen LogP contribution >= 0.6 is 0 Å². The van der Waals surface area contributed by atoms with E-state index in [-0.39, 0.29) is 0 Å². The number of hydrogen-bond acceptors (Lipinski definition) is 3. The fraction of sp³-hybridized carbons (Fsp3) is 0.538. The molecule has 3 aliphatic rings. The van der Waals surface area contributed by atoms with Crippen molar-refractivity contribution < 1.29 is 5.11 Å². The van der Waals surface area contributed by atoms with Gasteiger partial charge in [-0.05, 0) is 55.7 Å². The van der Waals surface area contributed by atoms with Gasteiger partial charge in [-0.3, -0.25) is 0 Å². The van der Waals surface area contributed by atoms with Crippen molar-refractivity contribution in [2.45, 2.75) is 69.5 Å². The molecule has 3 nitrogen and oxygen atoms in total. The van der Waals surface area contributed by atoms with Gasteiger partial charge in [0.25, 0.3) is 0 Å². The number of nitrogens with one attached hydrogen (secondary N) is 2. The Balaban J connectivity index is 1.35. The summed E-state index contributed by atoms with van der Waals surface area (Å²) >= 11 is 0. The summed E-state index contributed by atoms with van der Waals surface area (Å²) in [6.45, 7) is 0.330. The summed E-state index contributed by atoms with van der Waals surface area (Å²) in [5, 5.41) is 16.6. The molecule has 5 unspecified atom stereocenters. The second-order valence-corrected chi connectivity index (χ2v) is 8.84. The zero-order valence-electron chi connectivity index (χ0n) is 17.5. The maximum Gasteiger partial charge on any atom is 0.0431 e. The topological polar surface area (TPSA) is 44.3 Å². The third-order valence-electron chi connectivity index (χ3n) is 6.82. The first-order chi connectivity index (χ1) is 14.3. The number of piperidine rings is 1. The fourth-order valence-corrected chi connectivity index (χ4v) is 5.21. The smallest absolute Gasteiger partial charge is 0.0431 e. The standard InChI is InChI=1S/C26H36N2O/c29-19-9-3-1-2-4-10-20-15-17-21(18-16-20)27-26-22-11-5-7-13-24(22)28-25-14-8-6-12-23(25)26/h5,7-8,11,13-18,22-29H,1-4,6,9-10,12,19H2. The quantitative estimate of drug-likeness (QED) is 0.409. The molecule has 1 aliphatic heterocycles. The molecule has 3 heteroatoms. The highest BCUT2D eigenvalue weighted by molar-refractivity contribution is 5.47. The summed E-state index contributed by atoms with van der Waals surface area (Å²) < 4.78 is 0. The normalized spacial score (nSPS) is 30.0. The van der Waals surface area contributed by atoms with Crippen molar-refractivity contribution in [2.75, 3.05) is 11.9 Å². The van der Waals surface area contributed by atoms with Gasteiger partial charge < -0.3 is 15.7 Å². The molecular formula is C26H36N2O. The first-order valence-electron chi connectivity index (χ1n) is 11.6. The summed E-state index contributed by atoms with van der Waals surface area (Å²) in [6.07, 6.45) is 23.2. The summed E-state index contributed by atoms with van der Waals surface area (Å²) in [4.78, 5) is 0. The van der Waals surface area contributed by atoms with Gasteiger partial charge in [0.05, 0.1) is 0 Å². The van der Waals surface area contributed by atoms with E-state index in [1.54, 1.807) is 0 Å². The number of allylic oxidation sites excluding steroid dienone is 3. The van der Waals surface area contributed by atoms with Gasteiger partial charge in [-0.25, -0.2) is 0 Å². The number of hydrogen-bond donors (Lipinski definition) is 3. The lowest BCUT2D eigenvalue weighted by Gasteiger charge is -2.48. The summed E-state index contributed by atoms with van der Waals surface area (Å²) in [7, 11) is 0. The van der Waals surface area contributed by atoms with Crippen molar-refractivity contribution in [3.63, 3.8) is 0 Å². The largest absolute Gasteiger partial charge is 0.396 e. The molecule has 5 atom stereocenters. The van der Waals surface area contributed by atoms with E-state index in [1.165, 1.54) is 43.4 Å². The monoisotopic (exact) mass is 392 g/mol. The zero-order valence-corrected chi connectivity index (χ0v) is 17.5. The van der Waals surface area contributed by atoms with Crippen LogP contribution in [0.5, 0.6) is 0 Å². The van der Waals surface area contributed by atoms with Crippen LogP contribution in [0, 0.1) is 11.8 Å². The van der Waals surface area contributed by atoms with Gasteiger partial charge in [0, 0.05) is 36.3 Å². The van der Waals surface area contributed by atoms with E-state index in [9.17, 15) is 0 Å². The van der Waals surface area contributed by atoms with Crippen molar-refractivity contribution in [1.29, 1.82) is 0 Å². The molecule has 1 heterocycles. The highest BCUT2D eigenvalue weighted by Gasteiger charge is 2.42. The van der Waals surface area contributed by atoms with E-state index < -0.39 is 0 Å². The van der Waals surface area contributed by atoms with Crippen LogP contribution in [-0.4, -0.2) is 29.8 Å². The Hall–Kier alpha value is -1.84. The molecule has 0 amide bonds. The predicted octanol–water partition coefficient (Wildman–Crippen LogP) is 5.00. The molecule has 29 heavy (non-hydrogen) atoms. The van der Waals surface area contributed by atoms with E-state index in [4.69, 9.17) is 5.11 Å². The lowest BCUT2D eigenvalue weighted by Crippen LogP contribution is -2.60. The SMILES string of the molecule is OCCCCCCCc1ccc(NC2C3C=CC=CC3NC3C=CCCC32)cc1. The highest BCUT2D eigenvalue weighted by atomic mass is 16.2. The summed E-state index contributed by atoms with van der Waals surface area (Å²) in [5.41, 5.74) is 2.68. The molecule has 1 aromatic carbocycles. The van der Waals surface area contributed by atoms with Crippen molar-refractivity contribution in [3.8, 4) is 0 Å². The Kier molecular flexibility index (Phi) is 7.23. The van der Waals surface area contributed by atoms with E-state index in [1.807, 2.05) is 0 Å². The van der Waals surface area contributed by atoms with Crippen LogP contribution in [0.1, 0.15) is 50.5 Å². The Bertz CT molecular complexity index is 721. The number of aliphatic hydroxyl groups excluding tert-OH is 1. The minimum Gasteiger partial charge on any atom is -0.396 e. The van der Waals surface area contributed by atoms with Crippen LogP contribution in [0.2, 0.25) is 0 Å². The number of fused-ring (bicyclic) bond motifs is 2. The Morgan fingerprint density at radius 3 is 2.55 bits per heavy atom. The number of anilines is 1. The van der Waals surface area contributed by atoms with E-state index in [0.717, 1.165) is 19.3 Å². The Labute approximate surface area is 176 Å². The molecule has 0 aromatic heterocycles. The molecule has 3 N–H and O–H groups in total. The maximum absolute atomic E-state index is 8.85. The molecule has 0 radical (unpaired) electrons. The van der Waals surface area contributed by atoms with Crippen LogP contribution in [0.3, 0.4) is 0 Å². The van der Waals surface area contributed by atoms with Gasteiger partial charge in [0.15, 0.2) is 0 Å².